The Labute approximate surface area is 182 Å². The average Bonchev–Trinajstić information content (AvgIpc) is 2.70. The summed E-state index contributed by atoms with van der Waals surface area (Å²) in [5, 5.41) is 14.7. The molecule has 3 rings (SSSR count). The van der Waals surface area contributed by atoms with Crippen molar-refractivity contribution in [1.29, 1.82) is 0 Å². The zero-order valence-electron chi connectivity index (χ0n) is 15.5. The van der Waals surface area contributed by atoms with E-state index >= 15 is 0 Å². The van der Waals surface area contributed by atoms with Crippen molar-refractivity contribution < 1.29 is 32.3 Å². The predicted molar refractivity (Wildman–Crippen MR) is 106 cm³/mol. The number of carbonyl (C=O) groups is 3. The first-order chi connectivity index (χ1) is 14.6. The summed E-state index contributed by atoms with van der Waals surface area (Å²) < 4.78 is 45.6. The summed E-state index contributed by atoms with van der Waals surface area (Å²) in [6, 6.07) is 1.88. The van der Waals surface area contributed by atoms with Crippen molar-refractivity contribution in [1.82, 2.24) is 4.65 Å². The molecule has 7 nitrogen and oxygen atoms in total. The predicted octanol–water partition coefficient (Wildman–Crippen LogP) is 4.76. The van der Waals surface area contributed by atoms with Gasteiger partial charge in [-0.3, -0.25) is 14.2 Å². The standard InChI is InChI=1S/C19H11Cl2F3N2O5/c1-2-31-19(29)9-6-26(30,14-5-13(25-7-27)10(20)4-11(14)22)17-8(18(9)28)3-12(23)16(24)15(17)21/h3-7H,2H2,1H3,(H,25,27). The second kappa shape index (κ2) is 8.31. The summed E-state index contributed by atoms with van der Waals surface area (Å²) in [4.78, 5) is 35.8. The van der Waals surface area contributed by atoms with Crippen LogP contribution in [0.2, 0.25) is 10.0 Å². The van der Waals surface area contributed by atoms with Crippen LogP contribution in [0.3, 0.4) is 0 Å². The molecule has 31 heavy (non-hydrogen) atoms. The Morgan fingerprint density at radius 3 is 2.52 bits per heavy atom. The molecule has 0 radical (unpaired) electrons. The van der Waals surface area contributed by atoms with E-state index in [-0.39, 0.29) is 23.7 Å². The lowest BCUT2D eigenvalue weighted by atomic mass is 9.96. The number of hydrogen-bond acceptors (Lipinski definition) is 5. The molecule has 2 aromatic carbocycles. The molecule has 0 bridgehead atoms. The first kappa shape index (κ1) is 22.8. The fourth-order valence-corrected chi connectivity index (χ4v) is 3.57. The first-order valence-corrected chi connectivity index (χ1v) is 9.24. The quantitative estimate of drug-likeness (QED) is 0.168. The van der Waals surface area contributed by atoms with E-state index in [1.54, 1.807) is 0 Å². The number of benzene rings is 2. The van der Waals surface area contributed by atoms with Crippen LogP contribution in [-0.4, -0.2) is 24.8 Å². The number of esters is 1. The minimum Gasteiger partial charge on any atom is -0.617 e. The Bertz CT molecular complexity index is 1170. The highest BCUT2D eigenvalue weighted by atomic mass is 35.5. The van der Waals surface area contributed by atoms with Gasteiger partial charge in [0.1, 0.15) is 11.2 Å². The van der Waals surface area contributed by atoms with Gasteiger partial charge >= 0.3 is 5.97 Å². The van der Waals surface area contributed by atoms with E-state index in [2.05, 4.69) is 5.32 Å². The molecule has 1 aliphatic rings. The van der Waals surface area contributed by atoms with Gasteiger partial charge < -0.3 is 15.3 Å². The third-order valence-corrected chi connectivity index (χ3v) is 5.03. The Balaban J connectivity index is 2.42. The third-order valence-electron chi connectivity index (χ3n) is 4.37. The van der Waals surface area contributed by atoms with Gasteiger partial charge in [-0.1, -0.05) is 23.2 Å². The van der Waals surface area contributed by atoms with E-state index < -0.39 is 61.4 Å². The summed E-state index contributed by atoms with van der Waals surface area (Å²) in [7, 11) is 0. The van der Waals surface area contributed by atoms with Crippen molar-refractivity contribution in [2.45, 2.75) is 6.92 Å². The van der Waals surface area contributed by atoms with E-state index in [1.807, 2.05) is 0 Å². The molecule has 0 spiro atoms. The van der Waals surface area contributed by atoms with Gasteiger partial charge in [0.25, 0.3) is 0 Å². The number of hydrogen-bond donors (Lipinski definition) is 1. The number of Topliss-reactive ketones (excluding diaryl/α,β-unsaturated/α-hetero) is 1. The van der Waals surface area contributed by atoms with Gasteiger partial charge in [-0.2, -0.15) is 0 Å². The average molecular weight is 475 g/mol. The zero-order valence-corrected chi connectivity index (χ0v) is 17.0. The number of amides is 1. The largest absolute Gasteiger partial charge is 0.617 e. The minimum absolute atomic E-state index is 0.170. The molecule has 1 N–H and O–H groups in total. The maximum Gasteiger partial charge on any atom is 0.347 e. The lowest BCUT2D eigenvalue weighted by molar-refractivity contribution is -0.138. The Morgan fingerprint density at radius 1 is 1.23 bits per heavy atom. The molecule has 1 amide bonds. The molecule has 2 aromatic rings. The SMILES string of the molecule is CCOC(=O)C1=C[N+]([O-])(c2cc(NC=O)c(Cl)cc2F)c2c(cc(F)c(F)c2Cl)C1=O. The Morgan fingerprint density at radius 2 is 1.90 bits per heavy atom. The fraction of sp³-hybridized carbons (Fsp3) is 0.105. The Hall–Kier alpha value is -2.92. The van der Waals surface area contributed by atoms with Crippen LogP contribution in [0, 0.1) is 22.7 Å². The molecule has 162 valence electrons. The topological polar surface area (TPSA) is 95.5 Å². The highest BCUT2D eigenvalue weighted by Gasteiger charge is 2.44. The molecule has 1 heterocycles. The number of rotatable bonds is 5. The van der Waals surface area contributed by atoms with Crippen molar-refractivity contribution in [2.24, 2.45) is 0 Å². The van der Waals surface area contributed by atoms with Crippen LogP contribution in [0.25, 0.3) is 0 Å². The second-order valence-electron chi connectivity index (χ2n) is 6.18. The normalized spacial score (nSPS) is 17.6. The van der Waals surface area contributed by atoms with E-state index in [9.17, 15) is 32.8 Å². The number of fused-ring (bicyclic) bond motifs is 1. The molecular weight excluding hydrogens is 464 g/mol. The number of anilines is 1. The molecule has 0 saturated heterocycles. The lowest BCUT2D eigenvalue weighted by Gasteiger charge is -2.41. The minimum atomic E-state index is -2.11. The summed E-state index contributed by atoms with van der Waals surface area (Å²) >= 11 is 11.7. The number of ether oxygens (including phenoxy) is 1. The molecule has 1 aliphatic heterocycles. The first-order valence-electron chi connectivity index (χ1n) is 8.49. The van der Waals surface area contributed by atoms with Gasteiger partial charge in [0, 0.05) is 12.1 Å². The smallest absolute Gasteiger partial charge is 0.347 e. The molecule has 0 aliphatic carbocycles. The molecule has 0 fully saturated rings. The van der Waals surface area contributed by atoms with Gasteiger partial charge in [-0.05, 0) is 13.0 Å². The van der Waals surface area contributed by atoms with E-state index in [1.165, 1.54) is 6.92 Å². The van der Waals surface area contributed by atoms with Crippen molar-refractivity contribution in [3.63, 3.8) is 0 Å². The molecule has 12 heteroatoms. The van der Waals surface area contributed by atoms with Gasteiger partial charge in [-0.15, -0.1) is 0 Å². The van der Waals surface area contributed by atoms with Crippen LogP contribution in [0.4, 0.5) is 30.2 Å². The van der Waals surface area contributed by atoms with Gasteiger partial charge in [-0.25, -0.2) is 18.0 Å². The molecule has 1 atom stereocenters. The van der Waals surface area contributed by atoms with Gasteiger partial charge in [0.05, 0.1) is 22.9 Å². The van der Waals surface area contributed by atoms with Crippen molar-refractivity contribution in [3.05, 3.63) is 68.2 Å². The number of ketones is 1. The monoisotopic (exact) mass is 474 g/mol. The van der Waals surface area contributed by atoms with Crippen LogP contribution in [0.15, 0.2) is 30.0 Å². The van der Waals surface area contributed by atoms with E-state index in [0.717, 1.165) is 6.07 Å². The zero-order chi connectivity index (χ0) is 23.1. The summed E-state index contributed by atoms with van der Waals surface area (Å²) in [6.45, 7) is 1.26. The maximum absolute atomic E-state index is 14.8. The fourth-order valence-electron chi connectivity index (χ4n) is 3.04. The lowest BCUT2D eigenvalue weighted by Crippen LogP contribution is -2.40. The van der Waals surface area contributed by atoms with Crippen LogP contribution >= 0.6 is 23.2 Å². The second-order valence-corrected chi connectivity index (χ2v) is 6.96. The van der Waals surface area contributed by atoms with Crippen molar-refractivity contribution in [3.8, 4) is 0 Å². The van der Waals surface area contributed by atoms with E-state index in [0.29, 0.717) is 18.3 Å². The number of quaternary nitrogens is 1. The van der Waals surface area contributed by atoms with Crippen LogP contribution in [0.1, 0.15) is 17.3 Å². The van der Waals surface area contributed by atoms with Crippen molar-refractivity contribution in [2.75, 3.05) is 11.9 Å². The van der Waals surface area contributed by atoms with Crippen molar-refractivity contribution >= 4 is 58.4 Å². The van der Waals surface area contributed by atoms with Crippen LogP contribution in [-0.2, 0) is 14.3 Å². The number of hydroxylamine groups is 1. The highest BCUT2D eigenvalue weighted by Crippen LogP contribution is 2.49. The number of carbonyl (C=O) groups excluding carboxylic acids is 3. The van der Waals surface area contributed by atoms with Gasteiger partial charge in [0.15, 0.2) is 34.4 Å². The van der Waals surface area contributed by atoms with E-state index in [4.69, 9.17) is 27.9 Å². The highest BCUT2D eigenvalue weighted by molar-refractivity contribution is 6.37. The molecule has 0 aromatic heterocycles. The molecule has 0 saturated carbocycles. The summed E-state index contributed by atoms with van der Waals surface area (Å²) in [5.74, 6) is -6.86. The maximum atomic E-state index is 14.8. The summed E-state index contributed by atoms with van der Waals surface area (Å²) in [5.41, 5.74) is -3.49. The summed E-state index contributed by atoms with van der Waals surface area (Å²) in [6.07, 6.45) is 0.663. The van der Waals surface area contributed by atoms with Crippen LogP contribution < -0.4 is 9.96 Å². The molecular formula is C19H11Cl2F3N2O5. The van der Waals surface area contributed by atoms with Gasteiger partial charge in [0.2, 0.25) is 12.2 Å². The Kier molecular flexibility index (Phi) is 6.10. The third kappa shape index (κ3) is 3.68. The van der Waals surface area contributed by atoms with Crippen LogP contribution in [0.5, 0.6) is 0 Å². The molecule has 1 unspecified atom stereocenters. The number of halogens is 5. The number of nitrogens with zero attached hydrogens (tertiary/aromatic N) is 1. The number of nitrogens with one attached hydrogen (secondary N) is 1.